The molecule has 1 aromatic rings. The van der Waals surface area contributed by atoms with E-state index in [-0.39, 0.29) is 0 Å². The van der Waals surface area contributed by atoms with Crippen LogP contribution >= 0.6 is 15.9 Å². The molecule has 0 aliphatic carbocycles. The standard InChI is InChI=1S/C17H25BrN2O2/c1-13(2)3-4-19-5-7-20(8-6-19)11-14-9-16-17(10-15(14)18)22-12-21-16/h9-10,13H,3-8,11-12H2,1-2H3. The van der Waals surface area contributed by atoms with Crippen molar-refractivity contribution in [3.63, 3.8) is 0 Å². The van der Waals surface area contributed by atoms with E-state index in [0.717, 1.165) is 41.5 Å². The lowest BCUT2D eigenvalue weighted by atomic mass is 10.1. The molecule has 2 aliphatic heterocycles. The van der Waals surface area contributed by atoms with Crippen LogP contribution in [0.5, 0.6) is 11.5 Å². The number of rotatable bonds is 5. The third kappa shape index (κ3) is 3.94. The van der Waals surface area contributed by atoms with Crippen molar-refractivity contribution < 1.29 is 9.47 Å². The van der Waals surface area contributed by atoms with Gasteiger partial charge in [-0.2, -0.15) is 0 Å². The number of hydrogen-bond donors (Lipinski definition) is 0. The molecule has 0 bridgehead atoms. The largest absolute Gasteiger partial charge is 0.454 e. The van der Waals surface area contributed by atoms with Crippen LogP contribution < -0.4 is 9.47 Å². The highest BCUT2D eigenvalue weighted by Crippen LogP contribution is 2.37. The van der Waals surface area contributed by atoms with Crippen LogP contribution in [0.1, 0.15) is 25.8 Å². The second-order valence-corrected chi connectivity index (χ2v) is 7.45. The Labute approximate surface area is 141 Å². The zero-order valence-electron chi connectivity index (χ0n) is 13.5. The molecule has 2 heterocycles. The molecule has 0 spiro atoms. The molecule has 0 aromatic heterocycles. The van der Waals surface area contributed by atoms with E-state index in [0.29, 0.717) is 6.79 Å². The second-order valence-electron chi connectivity index (χ2n) is 6.60. The molecule has 0 N–H and O–H groups in total. The Morgan fingerprint density at radius 2 is 1.68 bits per heavy atom. The average Bonchev–Trinajstić information content (AvgIpc) is 2.94. The van der Waals surface area contributed by atoms with E-state index in [9.17, 15) is 0 Å². The van der Waals surface area contributed by atoms with E-state index >= 15 is 0 Å². The van der Waals surface area contributed by atoms with Crippen molar-refractivity contribution in [1.29, 1.82) is 0 Å². The number of halogens is 1. The topological polar surface area (TPSA) is 24.9 Å². The first-order chi connectivity index (χ1) is 10.6. The van der Waals surface area contributed by atoms with Gasteiger partial charge in [0.1, 0.15) is 0 Å². The lowest BCUT2D eigenvalue weighted by molar-refractivity contribution is 0.123. The van der Waals surface area contributed by atoms with Gasteiger partial charge in [-0.15, -0.1) is 0 Å². The number of piperazine rings is 1. The summed E-state index contributed by atoms with van der Waals surface area (Å²) in [6.45, 7) is 11.8. The van der Waals surface area contributed by atoms with Crippen LogP contribution in [0.25, 0.3) is 0 Å². The van der Waals surface area contributed by atoms with Crippen LogP contribution in [-0.4, -0.2) is 49.3 Å². The molecule has 22 heavy (non-hydrogen) atoms. The Morgan fingerprint density at radius 3 is 2.36 bits per heavy atom. The van der Waals surface area contributed by atoms with E-state index < -0.39 is 0 Å². The van der Waals surface area contributed by atoms with Gasteiger partial charge >= 0.3 is 0 Å². The van der Waals surface area contributed by atoms with Gasteiger partial charge in [-0.3, -0.25) is 4.90 Å². The zero-order valence-corrected chi connectivity index (χ0v) is 15.1. The summed E-state index contributed by atoms with van der Waals surface area (Å²) in [7, 11) is 0. The van der Waals surface area contributed by atoms with E-state index in [1.807, 2.05) is 6.07 Å². The number of benzene rings is 1. The van der Waals surface area contributed by atoms with E-state index in [4.69, 9.17) is 9.47 Å². The summed E-state index contributed by atoms with van der Waals surface area (Å²) < 4.78 is 12.0. The summed E-state index contributed by atoms with van der Waals surface area (Å²) in [5.74, 6) is 2.51. The maximum atomic E-state index is 5.48. The summed E-state index contributed by atoms with van der Waals surface area (Å²) in [6.07, 6.45) is 1.30. The average molecular weight is 369 g/mol. The highest BCUT2D eigenvalue weighted by molar-refractivity contribution is 9.10. The molecule has 4 nitrogen and oxygen atoms in total. The van der Waals surface area contributed by atoms with E-state index in [1.165, 1.54) is 31.6 Å². The highest BCUT2D eigenvalue weighted by atomic mass is 79.9. The first-order valence-corrected chi connectivity index (χ1v) is 8.94. The van der Waals surface area contributed by atoms with Gasteiger partial charge < -0.3 is 14.4 Å². The molecule has 0 unspecified atom stereocenters. The highest BCUT2D eigenvalue weighted by Gasteiger charge is 2.20. The van der Waals surface area contributed by atoms with Crippen molar-refractivity contribution >= 4 is 15.9 Å². The van der Waals surface area contributed by atoms with Crippen LogP contribution in [0.4, 0.5) is 0 Å². The molecule has 2 aliphatic rings. The first kappa shape index (κ1) is 16.1. The third-order valence-corrected chi connectivity index (χ3v) is 5.16. The molecule has 0 atom stereocenters. The summed E-state index contributed by atoms with van der Waals surface area (Å²) in [6, 6.07) is 4.13. The predicted molar refractivity (Wildman–Crippen MR) is 91.4 cm³/mol. The fourth-order valence-electron chi connectivity index (χ4n) is 2.93. The van der Waals surface area contributed by atoms with Crippen LogP contribution in [0.15, 0.2) is 16.6 Å². The Hall–Kier alpha value is -0.780. The van der Waals surface area contributed by atoms with Gasteiger partial charge in [0.2, 0.25) is 6.79 Å². The SMILES string of the molecule is CC(C)CCN1CCN(Cc2cc3c(cc2Br)OCO3)CC1. The second kappa shape index (κ2) is 7.20. The summed E-state index contributed by atoms with van der Waals surface area (Å²) >= 11 is 3.66. The number of nitrogens with zero attached hydrogens (tertiary/aromatic N) is 2. The van der Waals surface area contributed by atoms with Crippen LogP contribution in [0.2, 0.25) is 0 Å². The Morgan fingerprint density at radius 1 is 1.05 bits per heavy atom. The molecule has 0 radical (unpaired) electrons. The zero-order chi connectivity index (χ0) is 15.5. The molecule has 0 amide bonds. The van der Waals surface area contributed by atoms with Crippen LogP contribution in [0.3, 0.4) is 0 Å². The Bertz CT molecular complexity index is 514. The monoisotopic (exact) mass is 368 g/mol. The van der Waals surface area contributed by atoms with Crippen molar-refractivity contribution in [3.8, 4) is 11.5 Å². The summed E-state index contributed by atoms with van der Waals surface area (Å²) in [5, 5.41) is 0. The van der Waals surface area contributed by atoms with Gasteiger partial charge in [0.15, 0.2) is 11.5 Å². The quantitative estimate of drug-likeness (QED) is 0.795. The fourth-order valence-corrected chi connectivity index (χ4v) is 3.38. The van der Waals surface area contributed by atoms with Crippen LogP contribution in [0, 0.1) is 5.92 Å². The maximum Gasteiger partial charge on any atom is 0.231 e. The summed E-state index contributed by atoms with van der Waals surface area (Å²) in [4.78, 5) is 5.11. The first-order valence-electron chi connectivity index (χ1n) is 8.14. The molecule has 0 saturated carbocycles. The molecule has 5 heteroatoms. The van der Waals surface area contributed by atoms with Gasteiger partial charge in [-0.05, 0) is 36.6 Å². The van der Waals surface area contributed by atoms with Crippen LogP contribution in [-0.2, 0) is 6.54 Å². The van der Waals surface area contributed by atoms with E-state index in [2.05, 4.69) is 45.6 Å². The molecule has 3 rings (SSSR count). The molecular weight excluding hydrogens is 344 g/mol. The smallest absolute Gasteiger partial charge is 0.231 e. The molecule has 1 saturated heterocycles. The number of fused-ring (bicyclic) bond motifs is 1. The van der Waals surface area contributed by atoms with E-state index in [1.54, 1.807) is 0 Å². The normalized spacial score (nSPS) is 19.1. The van der Waals surface area contributed by atoms with Gasteiger partial charge in [0.05, 0.1) is 0 Å². The summed E-state index contributed by atoms with van der Waals surface area (Å²) in [5.41, 5.74) is 1.28. The van der Waals surface area contributed by atoms with Gasteiger partial charge in [-0.25, -0.2) is 0 Å². The van der Waals surface area contributed by atoms with Crippen molar-refractivity contribution in [2.45, 2.75) is 26.8 Å². The Balaban J connectivity index is 1.53. The molecule has 1 aromatic carbocycles. The molecule has 122 valence electrons. The minimum atomic E-state index is 0.333. The number of ether oxygens (including phenoxy) is 2. The van der Waals surface area contributed by atoms with Crippen molar-refractivity contribution in [1.82, 2.24) is 9.80 Å². The minimum absolute atomic E-state index is 0.333. The van der Waals surface area contributed by atoms with Gasteiger partial charge in [0.25, 0.3) is 0 Å². The maximum absolute atomic E-state index is 5.48. The third-order valence-electron chi connectivity index (χ3n) is 4.42. The lowest BCUT2D eigenvalue weighted by Crippen LogP contribution is -2.46. The number of hydrogen-bond acceptors (Lipinski definition) is 4. The molecule has 1 fully saturated rings. The van der Waals surface area contributed by atoms with Crippen molar-refractivity contribution in [2.75, 3.05) is 39.5 Å². The van der Waals surface area contributed by atoms with Crippen molar-refractivity contribution in [2.24, 2.45) is 5.92 Å². The molecular formula is C17H25BrN2O2. The Kier molecular flexibility index (Phi) is 5.26. The van der Waals surface area contributed by atoms with Gasteiger partial charge in [0, 0.05) is 37.2 Å². The lowest BCUT2D eigenvalue weighted by Gasteiger charge is -2.35. The van der Waals surface area contributed by atoms with Crippen molar-refractivity contribution in [3.05, 3.63) is 22.2 Å². The predicted octanol–water partition coefficient (Wildman–Crippen LogP) is 3.34. The minimum Gasteiger partial charge on any atom is -0.454 e. The van der Waals surface area contributed by atoms with Gasteiger partial charge in [-0.1, -0.05) is 29.8 Å². The fraction of sp³-hybridized carbons (Fsp3) is 0.647.